The van der Waals surface area contributed by atoms with Gasteiger partial charge in [-0.3, -0.25) is 9.59 Å². The lowest BCUT2D eigenvalue weighted by molar-refractivity contribution is -0.143. The van der Waals surface area contributed by atoms with Gasteiger partial charge < -0.3 is 20.3 Å². The Morgan fingerprint density at radius 2 is 0.719 bits per heavy atom. The zero-order valence-corrected chi connectivity index (χ0v) is 43.3. The third kappa shape index (κ3) is 50.0. The van der Waals surface area contributed by atoms with Crippen LogP contribution in [0, 0.1) is 0 Å². The maximum Gasteiger partial charge on any atom is 0.305 e. The molecule has 3 N–H and O–H groups in total. The van der Waals surface area contributed by atoms with Crippen LogP contribution in [0.2, 0.25) is 0 Å². The molecule has 6 nitrogen and oxygen atoms in total. The van der Waals surface area contributed by atoms with E-state index in [9.17, 15) is 19.8 Å². The van der Waals surface area contributed by atoms with Crippen molar-refractivity contribution in [1.82, 2.24) is 5.32 Å². The summed E-state index contributed by atoms with van der Waals surface area (Å²) in [5, 5.41) is 23.1. The molecule has 0 aliphatic rings. The van der Waals surface area contributed by atoms with Crippen LogP contribution in [-0.4, -0.2) is 47.4 Å². The van der Waals surface area contributed by atoms with Crippen LogP contribution in [0.3, 0.4) is 0 Å². The highest BCUT2D eigenvalue weighted by molar-refractivity contribution is 5.76. The van der Waals surface area contributed by atoms with E-state index in [1.807, 2.05) is 6.08 Å². The fraction of sp³-hybridized carbons (Fsp3) is 0.931. The molecule has 2 atom stereocenters. The number of hydrogen-bond acceptors (Lipinski definition) is 5. The average molecular weight is 905 g/mol. The van der Waals surface area contributed by atoms with Gasteiger partial charge in [0.2, 0.25) is 5.91 Å². The monoisotopic (exact) mass is 904 g/mol. The molecular formula is C58H113NO5. The number of nitrogens with one attached hydrogen (secondary N) is 1. The minimum atomic E-state index is -0.849. The number of hydrogen-bond donors (Lipinski definition) is 3. The van der Waals surface area contributed by atoms with E-state index < -0.39 is 12.1 Å². The first-order valence-electron chi connectivity index (χ1n) is 29.0. The van der Waals surface area contributed by atoms with Crippen LogP contribution in [0.15, 0.2) is 12.2 Å². The highest BCUT2D eigenvalue weighted by atomic mass is 16.5. The third-order valence-electron chi connectivity index (χ3n) is 13.6. The molecule has 0 aromatic heterocycles. The number of amides is 1. The molecule has 0 rings (SSSR count). The molecule has 0 fully saturated rings. The Bertz CT molecular complexity index is 955. The lowest BCUT2D eigenvalue weighted by Crippen LogP contribution is -2.45. The fourth-order valence-electron chi connectivity index (χ4n) is 9.11. The van der Waals surface area contributed by atoms with Crippen molar-refractivity contribution >= 4 is 11.9 Å². The second-order valence-electron chi connectivity index (χ2n) is 20.0. The molecule has 0 saturated carbocycles. The second kappa shape index (κ2) is 54.2. The van der Waals surface area contributed by atoms with E-state index in [1.165, 1.54) is 250 Å². The van der Waals surface area contributed by atoms with Crippen LogP contribution in [0.5, 0.6) is 0 Å². The standard InChI is InChI=1S/C58H113NO5/c1-3-5-7-9-11-13-15-17-19-20-21-24-28-32-36-40-44-48-52-58(63)64-53-49-45-41-37-33-29-25-22-23-27-31-35-39-43-47-51-57(62)59-55(54-60)56(61)50-46-42-38-34-30-26-18-16-14-12-10-8-6-4-2/h46,50,55-56,60-61H,3-45,47-49,51-54H2,1-2H3,(H,59,62)/b50-46+. The van der Waals surface area contributed by atoms with Crippen LogP contribution < -0.4 is 5.32 Å². The van der Waals surface area contributed by atoms with Gasteiger partial charge in [-0.1, -0.05) is 289 Å². The summed E-state index contributed by atoms with van der Waals surface area (Å²) in [5.74, 6) is -0.0704. The average Bonchev–Trinajstić information content (AvgIpc) is 3.29. The molecule has 6 heteroatoms. The van der Waals surface area contributed by atoms with E-state index in [2.05, 4.69) is 19.2 Å². The van der Waals surface area contributed by atoms with Gasteiger partial charge in [0.05, 0.1) is 25.4 Å². The number of ether oxygens (including phenoxy) is 1. The van der Waals surface area contributed by atoms with Crippen LogP contribution in [0.25, 0.3) is 0 Å². The molecule has 0 saturated heterocycles. The Labute approximate surface area is 399 Å². The molecule has 0 aromatic rings. The molecular weight excluding hydrogens is 791 g/mol. The molecule has 0 aliphatic carbocycles. The van der Waals surface area contributed by atoms with Crippen LogP contribution in [0.1, 0.15) is 322 Å². The zero-order chi connectivity index (χ0) is 46.5. The highest BCUT2D eigenvalue weighted by Crippen LogP contribution is 2.17. The van der Waals surface area contributed by atoms with Gasteiger partial charge in [0.15, 0.2) is 0 Å². The first-order valence-corrected chi connectivity index (χ1v) is 29.0. The summed E-state index contributed by atoms with van der Waals surface area (Å²) in [6.45, 7) is 4.91. The topological polar surface area (TPSA) is 95.9 Å². The summed E-state index contributed by atoms with van der Waals surface area (Å²) >= 11 is 0. The molecule has 64 heavy (non-hydrogen) atoms. The molecule has 380 valence electrons. The van der Waals surface area contributed by atoms with E-state index in [0.29, 0.717) is 19.4 Å². The normalized spacial score (nSPS) is 12.6. The molecule has 1 amide bonds. The highest BCUT2D eigenvalue weighted by Gasteiger charge is 2.18. The van der Waals surface area contributed by atoms with Crippen molar-refractivity contribution in [2.75, 3.05) is 13.2 Å². The van der Waals surface area contributed by atoms with E-state index in [1.54, 1.807) is 6.08 Å². The Morgan fingerprint density at radius 1 is 0.422 bits per heavy atom. The van der Waals surface area contributed by atoms with Crippen LogP contribution >= 0.6 is 0 Å². The Balaban J connectivity index is 3.42. The van der Waals surface area contributed by atoms with Crippen molar-refractivity contribution < 1.29 is 24.5 Å². The van der Waals surface area contributed by atoms with Crippen molar-refractivity contribution in [3.63, 3.8) is 0 Å². The third-order valence-corrected chi connectivity index (χ3v) is 13.6. The maximum atomic E-state index is 12.4. The minimum absolute atomic E-state index is 0.00436. The van der Waals surface area contributed by atoms with E-state index >= 15 is 0 Å². The summed E-state index contributed by atoms with van der Waals surface area (Å²) in [5.41, 5.74) is 0. The Kier molecular flexibility index (Phi) is 53.0. The zero-order valence-electron chi connectivity index (χ0n) is 43.3. The minimum Gasteiger partial charge on any atom is -0.466 e. The quantitative estimate of drug-likeness (QED) is 0.0321. The molecule has 0 heterocycles. The van der Waals surface area contributed by atoms with E-state index in [4.69, 9.17) is 4.74 Å². The van der Waals surface area contributed by atoms with Crippen molar-refractivity contribution in [2.45, 2.75) is 334 Å². The van der Waals surface area contributed by atoms with Gasteiger partial charge in [-0.25, -0.2) is 0 Å². The number of unbranched alkanes of at least 4 members (excludes halogenated alkanes) is 43. The maximum absolute atomic E-state index is 12.4. The number of esters is 1. The van der Waals surface area contributed by atoms with Crippen LogP contribution in [-0.2, 0) is 14.3 Å². The van der Waals surface area contributed by atoms with Crippen molar-refractivity contribution in [3.8, 4) is 0 Å². The predicted octanol–water partition coefficient (Wildman–Crippen LogP) is 17.7. The van der Waals surface area contributed by atoms with Crippen molar-refractivity contribution in [1.29, 1.82) is 0 Å². The van der Waals surface area contributed by atoms with E-state index in [-0.39, 0.29) is 18.5 Å². The van der Waals surface area contributed by atoms with Gasteiger partial charge in [-0.15, -0.1) is 0 Å². The number of rotatable bonds is 54. The molecule has 2 unspecified atom stereocenters. The fourth-order valence-corrected chi connectivity index (χ4v) is 9.11. The van der Waals surface area contributed by atoms with Gasteiger partial charge in [0, 0.05) is 12.8 Å². The van der Waals surface area contributed by atoms with Gasteiger partial charge in [-0.05, 0) is 32.1 Å². The van der Waals surface area contributed by atoms with Gasteiger partial charge in [-0.2, -0.15) is 0 Å². The summed E-state index contributed by atoms with van der Waals surface area (Å²) < 4.78 is 5.49. The number of aliphatic hydroxyl groups excluding tert-OH is 2. The number of allylic oxidation sites excluding steroid dienone is 1. The summed E-state index contributed by atoms with van der Waals surface area (Å²) in [4.78, 5) is 24.5. The molecule has 0 aromatic carbocycles. The molecule has 0 radical (unpaired) electrons. The van der Waals surface area contributed by atoms with Crippen molar-refractivity contribution in [2.24, 2.45) is 0 Å². The first kappa shape index (κ1) is 62.6. The number of carbonyl (C=O) groups is 2. The van der Waals surface area contributed by atoms with E-state index in [0.717, 1.165) is 44.9 Å². The summed E-state index contributed by atoms with van der Waals surface area (Å²) in [7, 11) is 0. The summed E-state index contributed by atoms with van der Waals surface area (Å²) in [6, 6.07) is -0.633. The lowest BCUT2D eigenvalue weighted by Gasteiger charge is -2.20. The van der Waals surface area contributed by atoms with Crippen molar-refractivity contribution in [3.05, 3.63) is 12.2 Å². The molecule has 0 bridgehead atoms. The molecule has 0 spiro atoms. The van der Waals surface area contributed by atoms with Gasteiger partial charge in [0.25, 0.3) is 0 Å². The van der Waals surface area contributed by atoms with Gasteiger partial charge >= 0.3 is 5.97 Å². The van der Waals surface area contributed by atoms with Gasteiger partial charge in [0.1, 0.15) is 0 Å². The smallest absolute Gasteiger partial charge is 0.305 e. The number of carbonyl (C=O) groups excluding carboxylic acids is 2. The summed E-state index contributed by atoms with van der Waals surface area (Å²) in [6.07, 6.45) is 63.7. The first-order chi connectivity index (χ1) is 31.5. The Hall–Kier alpha value is -1.40. The SMILES string of the molecule is CCCCCCCCCCCCCC/C=C/C(O)C(CO)NC(=O)CCCCCCCCCCCCCCCCCOC(=O)CCCCCCCCCCCCCCCCCCCC. The van der Waals surface area contributed by atoms with Crippen LogP contribution in [0.4, 0.5) is 0 Å². The Morgan fingerprint density at radius 3 is 1.06 bits per heavy atom. The largest absolute Gasteiger partial charge is 0.466 e. The second-order valence-corrected chi connectivity index (χ2v) is 20.0. The lowest BCUT2D eigenvalue weighted by atomic mass is 10.0. The predicted molar refractivity (Wildman–Crippen MR) is 278 cm³/mol. The molecule has 0 aliphatic heterocycles. The number of aliphatic hydroxyl groups is 2.